The maximum Gasteiger partial charge on any atom is 0.364 e. The maximum absolute atomic E-state index is 13.3. The van der Waals surface area contributed by atoms with Crippen molar-refractivity contribution in [3.8, 4) is 0 Å². The number of aliphatic hydroxyl groups excluding tert-OH is 11. The number of rotatable bonds is 43. The highest BCUT2D eigenvalue weighted by Crippen LogP contribution is 2.38. The summed E-state index contributed by atoms with van der Waals surface area (Å²) < 4.78 is 34.6. The first kappa shape index (κ1) is 71.7. The van der Waals surface area contributed by atoms with Crippen molar-refractivity contribution in [1.82, 2.24) is 10.6 Å². The molecule has 3 aliphatic heterocycles. The smallest absolute Gasteiger partial charge is 0.364 e. The SMILES string of the molecule is CCCCCCCCCCCCCCCCC/C=C/C(O)C(COC1OC(CO)C(OC2OC(CO)C(O)C(OC3(C(=O)O)CC(O)C(NC(C)=O)C(C(O)C(O)CO)O3)C2O)C(O)C1O)NC(=O)CCCCCCCCCCC. The van der Waals surface area contributed by atoms with Gasteiger partial charge in [0.2, 0.25) is 11.8 Å². The number of aliphatic hydroxyl groups is 11. The van der Waals surface area contributed by atoms with Crippen LogP contribution >= 0.6 is 0 Å². The van der Waals surface area contributed by atoms with Crippen LogP contribution in [0.3, 0.4) is 0 Å². The Hall–Kier alpha value is -2.53. The molecule has 0 aromatic rings. The first-order valence-corrected chi connectivity index (χ1v) is 30.1. The zero-order valence-corrected chi connectivity index (χ0v) is 47.9. The van der Waals surface area contributed by atoms with Crippen molar-refractivity contribution in [1.29, 1.82) is 0 Å². The number of aliphatic carboxylic acids is 1. The van der Waals surface area contributed by atoms with Gasteiger partial charge in [0.05, 0.1) is 50.7 Å². The summed E-state index contributed by atoms with van der Waals surface area (Å²) in [5.41, 5.74) is 0. The van der Waals surface area contributed by atoms with E-state index in [1.807, 2.05) is 6.08 Å². The van der Waals surface area contributed by atoms with E-state index in [9.17, 15) is 75.7 Å². The minimum atomic E-state index is -3.08. The molecule has 18 atom stereocenters. The Labute approximate surface area is 473 Å². The monoisotopic (exact) mass is 1150 g/mol. The lowest BCUT2D eigenvalue weighted by Gasteiger charge is -2.50. The van der Waals surface area contributed by atoms with Crippen LogP contribution in [0.15, 0.2) is 12.2 Å². The van der Waals surface area contributed by atoms with E-state index in [1.54, 1.807) is 6.08 Å². The number of carboxylic acids is 1. The van der Waals surface area contributed by atoms with Gasteiger partial charge in [0.25, 0.3) is 5.79 Å². The highest BCUT2D eigenvalue weighted by molar-refractivity contribution is 5.77. The Morgan fingerprint density at radius 1 is 0.650 bits per heavy atom. The van der Waals surface area contributed by atoms with Crippen LogP contribution in [0.1, 0.15) is 194 Å². The molecular formula is C57H104N2O21. The standard InChI is InChI=1S/C57H104N2O21/c1-4-6-8-10-12-14-15-16-17-18-19-20-21-23-24-26-28-30-39(64)38(59-44(67)31-29-27-25-22-13-11-9-7-5-2)36-75-54-49(71)48(70)51(43(35-62)77-54)78-55-50(72)53(47(69)42(34-61)76-55)80-57(56(73)74)32-40(65)45(58-37(3)63)52(79-57)46(68)41(66)33-60/h28,30,38-43,45-55,60-62,64-66,68-72H,4-27,29,31-36H2,1-3H3,(H,58,63)(H,59,67)(H,73,74)/b30-28+. The van der Waals surface area contributed by atoms with Crippen LogP contribution in [0.25, 0.3) is 0 Å². The number of unbranched alkanes of at least 4 members (excludes halogenated alkanes) is 23. The fraction of sp³-hybridized carbons (Fsp3) is 0.912. The van der Waals surface area contributed by atoms with Gasteiger partial charge in [-0.15, -0.1) is 0 Å². The van der Waals surface area contributed by atoms with Crippen LogP contribution in [0.5, 0.6) is 0 Å². The number of hydrogen-bond donors (Lipinski definition) is 14. The lowest BCUT2D eigenvalue weighted by atomic mass is 9.88. The summed E-state index contributed by atoms with van der Waals surface area (Å²) in [4.78, 5) is 38.3. The molecule has 0 radical (unpaired) electrons. The normalized spacial score (nSPS) is 30.7. The fourth-order valence-corrected chi connectivity index (χ4v) is 10.6. The maximum atomic E-state index is 13.3. The topological polar surface area (TPSA) is 373 Å². The zero-order chi connectivity index (χ0) is 59.0. The molecule has 0 aliphatic carbocycles. The second-order valence-corrected chi connectivity index (χ2v) is 22.2. The lowest BCUT2D eigenvalue weighted by molar-refractivity contribution is -0.386. The van der Waals surface area contributed by atoms with E-state index in [2.05, 4.69) is 24.5 Å². The molecule has 80 heavy (non-hydrogen) atoms. The Balaban J connectivity index is 1.67. The Morgan fingerprint density at radius 2 is 1.16 bits per heavy atom. The van der Waals surface area contributed by atoms with Gasteiger partial charge in [-0.2, -0.15) is 0 Å². The second kappa shape index (κ2) is 39.9. The molecule has 0 aromatic carbocycles. The predicted molar refractivity (Wildman–Crippen MR) is 292 cm³/mol. The highest BCUT2D eigenvalue weighted by atomic mass is 16.8. The van der Waals surface area contributed by atoms with E-state index in [-0.39, 0.29) is 12.3 Å². The zero-order valence-electron chi connectivity index (χ0n) is 47.9. The van der Waals surface area contributed by atoms with Crippen molar-refractivity contribution in [2.75, 3.05) is 26.4 Å². The number of hydrogen-bond acceptors (Lipinski definition) is 20. The fourth-order valence-electron chi connectivity index (χ4n) is 10.6. The van der Waals surface area contributed by atoms with E-state index in [0.29, 0.717) is 12.8 Å². The molecule has 3 rings (SSSR count). The molecule has 3 saturated heterocycles. The van der Waals surface area contributed by atoms with Gasteiger partial charge in [0.15, 0.2) is 12.6 Å². The second-order valence-electron chi connectivity index (χ2n) is 22.2. The quantitative estimate of drug-likeness (QED) is 0.0308. The number of allylic oxidation sites excluding steroid dienone is 1. The molecule has 23 nitrogen and oxygen atoms in total. The van der Waals surface area contributed by atoms with Crippen LogP contribution in [0, 0.1) is 0 Å². The van der Waals surface area contributed by atoms with Crippen molar-refractivity contribution in [3.63, 3.8) is 0 Å². The van der Waals surface area contributed by atoms with Gasteiger partial charge in [0.1, 0.15) is 67.1 Å². The molecule has 0 aromatic heterocycles. The average molecular weight is 1150 g/mol. The van der Waals surface area contributed by atoms with Gasteiger partial charge in [0, 0.05) is 19.8 Å². The molecule has 18 unspecified atom stereocenters. The summed E-state index contributed by atoms with van der Waals surface area (Å²) in [7, 11) is 0. The van der Waals surface area contributed by atoms with Gasteiger partial charge in [-0.05, 0) is 19.3 Å². The molecule has 2 amide bonds. The summed E-state index contributed by atoms with van der Waals surface area (Å²) >= 11 is 0. The van der Waals surface area contributed by atoms with Crippen LogP contribution in [-0.4, -0.2) is 215 Å². The highest BCUT2D eigenvalue weighted by Gasteiger charge is 2.60. The van der Waals surface area contributed by atoms with Gasteiger partial charge < -0.3 is 100 Å². The van der Waals surface area contributed by atoms with Gasteiger partial charge in [-0.25, -0.2) is 4.79 Å². The van der Waals surface area contributed by atoms with Gasteiger partial charge in [-0.1, -0.05) is 167 Å². The third-order valence-electron chi connectivity index (χ3n) is 15.5. The molecule has 468 valence electrons. The van der Waals surface area contributed by atoms with Crippen LogP contribution < -0.4 is 10.6 Å². The van der Waals surface area contributed by atoms with Crippen LogP contribution in [0.4, 0.5) is 0 Å². The lowest BCUT2D eigenvalue weighted by Crippen LogP contribution is -2.70. The summed E-state index contributed by atoms with van der Waals surface area (Å²) in [5, 5.41) is 135. The third kappa shape index (κ3) is 24.2. The summed E-state index contributed by atoms with van der Waals surface area (Å²) in [5.74, 6) is -6.14. The van der Waals surface area contributed by atoms with Crippen LogP contribution in [0.2, 0.25) is 0 Å². The first-order valence-electron chi connectivity index (χ1n) is 30.1. The Bertz CT molecular complexity index is 1700. The minimum Gasteiger partial charge on any atom is -0.477 e. The Kier molecular flexibility index (Phi) is 35.8. The number of carboxylic acid groups (broad SMARTS) is 1. The van der Waals surface area contributed by atoms with Crippen molar-refractivity contribution < 1.29 is 104 Å². The molecular weight excluding hydrogens is 1050 g/mol. The van der Waals surface area contributed by atoms with Crippen LogP contribution in [-0.2, 0) is 42.8 Å². The molecule has 14 N–H and O–H groups in total. The van der Waals surface area contributed by atoms with Crippen molar-refractivity contribution >= 4 is 17.8 Å². The Morgan fingerprint density at radius 3 is 1.66 bits per heavy atom. The van der Waals surface area contributed by atoms with Gasteiger partial charge in [-0.3, -0.25) is 9.59 Å². The average Bonchev–Trinajstić information content (AvgIpc) is 3.43. The molecule has 23 heteroatoms. The predicted octanol–water partition coefficient (Wildman–Crippen LogP) is 2.39. The van der Waals surface area contributed by atoms with E-state index >= 15 is 0 Å². The van der Waals surface area contributed by atoms with E-state index in [4.69, 9.17) is 28.4 Å². The molecule has 0 saturated carbocycles. The largest absolute Gasteiger partial charge is 0.477 e. The van der Waals surface area contributed by atoms with Gasteiger partial charge >= 0.3 is 5.97 Å². The number of carbonyl (C=O) groups excluding carboxylic acids is 2. The molecule has 0 spiro atoms. The molecule has 0 bridgehead atoms. The first-order chi connectivity index (χ1) is 38.4. The number of carbonyl (C=O) groups is 3. The summed E-state index contributed by atoms with van der Waals surface area (Å²) in [6.45, 7) is 2.07. The van der Waals surface area contributed by atoms with Crippen molar-refractivity contribution in [2.45, 2.75) is 304 Å². The number of ether oxygens (including phenoxy) is 6. The molecule has 3 heterocycles. The van der Waals surface area contributed by atoms with Crippen molar-refractivity contribution in [2.24, 2.45) is 0 Å². The van der Waals surface area contributed by atoms with E-state index in [0.717, 1.165) is 51.9 Å². The van der Waals surface area contributed by atoms with E-state index in [1.165, 1.54) is 103 Å². The molecule has 3 aliphatic rings. The number of amides is 2. The minimum absolute atomic E-state index is 0.202. The van der Waals surface area contributed by atoms with Crippen molar-refractivity contribution in [3.05, 3.63) is 12.2 Å². The van der Waals surface area contributed by atoms with E-state index < -0.39 is 155 Å². The third-order valence-corrected chi connectivity index (χ3v) is 15.5. The molecule has 3 fully saturated rings. The summed E-state index contributed by atoms with van der Waals surface area (Å²) in [6.07, 6.45) is 3.01. The number of nitrogens with one attached hydrogen (secondary N) is 2. The summed E-state index contributed by atoms with van der Waals surface area (Å²) in [6, 6.07) is -2.61.